The van der Waals surface area contributed by atoms with E-state index in [-0.39, 0.29) is 29.2 Å². The van der Waals surface area contributed by atoms with Crippen LogP contribution in [-0.2, 0) is 14.3 Å². The number of ether oxygens (including phenoxy) is 1. The van der Waals surface area contributed by atoms with Crippen LogP contribution in [0.5, 0.6) is 0 Å². The van der Waals surface area contributed by atoms with Crippen LogP contribution >= 0.6 is 0 Å². The van der Waals surface area contributed by atoms with Gasteiger partial charge in [-0.05, 0) is 92.3 Å². The minimum absolute atomic E-state index is 0.00716. The zero-order valence-corrected chi connectivity index (χ0v) is 17.5. The Morgan fingerprint density at radius 2 is 1.71 bits per heavy atom. The van der Waals surface area contributed by atoms with Crippen molar-refractivity contribution in [2.45, 2.75) is 84.7 Å². The maximum Gasteiger partial charge on any atom is 0.323 e. The van der Waals surface area contributed by atoms with Crippen molar-refractivity contribution in [1.82, 2.24) is 0 Å². The highest BCUT2D eigenvalue weighted by molar-refractivity contribution is 6.26. The van der Waals surface area contributed by atoms with Gasteiger partial charge in [0.05, 0.1) is 0 Å². The Morgan fingerprint density at radius 1 is 1.00 bits per heavy atom. The lowest BCUT2D eigenvalue weighted by atomic mass is 9.44. The number of hydrogen-bond acceptors (Lipinski definition) is 3. The van der Waals surface area contributed by atoms with Crippen LogP contribution in [0.2, 0.25) is 0 Å². The maximum absolute atomic E-state index is 12.5. The summed E-state index contributed by atoms with van der Waals surface area (Å²) in [5, 5.41) is 0. The summed E-state index contributed by atoms with van der Waals surface area (Å²) in [4.78, 5) is 26.9. The van der Waals surface area contributed by atoms with E-state index in [0.717, 1.165) is 50.7 Å². The number of nitrogens with zero attached hydrogens (tertiary/aromatic N) is 2. The van der Waals surface area contributed by atoms with E-state index >= 15 is 0 Å². The number of esters is 1. The van der Waals surface area contributed by atoms with E-state index in [1.54, 1.807) is 0 Å². The average Bonchev–Trinajstić information content (AvgIpc) is 2.99. The molecule has 0 aromatic rings. The largest absolute Gasteiger partial charge is 0.463 e. The van der Waals surface area contributed by atoms with Gasteiger partial charge in [-0.3, -0.25) is 9.59 Å². The lowest BCUT2D eigenvalue weighted by molar-refractivity contribution is -0.160. The predicted octanol–water partition coefficient (Wildman–Crippen LogP) is 4.45. The summed E-state index contributed by atoms with van der Waals surface area (Å²) in [6.45, 7) is 6.34. The van der Waals surface area contributed by atoms with Gasteiger partial charge in [-0.25, -0.2) is 0 Å². The first-order valence-corrected chi connectivity index (χ1v) is 11.2. The smallest absolute Gasteiger partial charge is 0.323 e. The standard InChI is InChI=1S/C23H34N2O3/c1-14(26)28-16-8-10-22(2)15(12-16)4-5-17-18-6-7-20(21(27)13-25-24)23(18,3)11-9-19(17)22/h13,15-20H,4-12H2,1-3H3/t15?,16?,17-,18-,19-,20+,22-,23-/m0/s1. The summed E-state index contributed by atoms with van der Waals surface area (Å²) in [6, 6.07) is 0. The van der Waals surface area contributed by atoms with Gasteiger partial charge in [0, 0.05) is 12.8 Å². The Kier molecular flexibility index (Phi) is 5.02. The van der Waals surface area contributed by atoms with Crippen molar-refractivity contribution in [3.8, 4) is 0 Å². The van der Waals surface area contributed by atoms with Gasteiger partial charge in [0.25, 0.3) is 0 Å². The molecule has 2 unspecified atom stereocenters. The number of carbonyl (C=O) groups excluding carboxylic acids is 2. The van der Waals surface area contributed by atoms with E-state index in [1.165, 1.54) is 26.2 Å². The van der Waals surface area contributed by atoms with E-state index in [0.29, 0.717) is 23.2 Å². The SMILES string of the molecule is CC(=O)OC1CC[C@@]2(C)C(CC[C@H]3[C@@H]4CC[C@H](C(=O)C=[N+]=[N-])[C@@]4(C)CC[C@@H]32)C1. The maximum atomic E-state index is 12.5. The molecule has 0 heterocycles. The second kappa shape index (κ2) is 7.09. The zero-order chi connectivity index (χ0) is 20.1. The molecule has 4 aliphatic carbocycles. The number of ketones is 1. The fourth-order valence-electron chi connectivity index (χ4n) is 8.17. The Bertz CT molecular complexity index is 715. The molecule has 0 amide bonds. The van der Waals surface area contributed by atoms with Crippen LogP contribution in [0.4, 0.5) is 0 Å². The molecule has 0 aromatic carbocycles. The molecule has 5 nitrogen and oxygen atoms in total. The third-order valence-corrected chi connectivity index (χ3v) is 9.48. The van der Waals surface area contributed by atoms with Gasteiger partial charge in [-0.15, -0.1) is 0 Å². The Hall–Kier alpha value is -1.48. The third-order valence-electron chi connectivity index (χ3n) is 9.48. The number of Topliss-reactive ketones (excluding diaryl/α,β-unsaturated/α-hetero) is 1. The highest BCUT2D eigenvalue weighted by atomic mass is 16.5. The van der Waals surface area contributed by atoms with Gasteiger partial charge < -0.3 is 10.3 Å². The molecule has 4 fully saturated rings. The first-order valence-electron chi connectivity index (χ1n) is 11.2. The molecule has 8 atom stereocenters. The summed E-state index contributed by atoms with van der Waals surface area (Å²) in [7, 11) is 0. The van der Waals surface area contributed by atoms with Gasteiger partial charge >= 0.3 is 12.2 Å². The molecule has 0 aliphatic heterocycles. The Morgan fingerprint density at radius 3 is 2.43 bits per heavy atom. The van der Waals surface area contributed by atoms with Crippen molar-refractivity contribution in [2.24, 2.45) is 40.4 Å². The minimum atomic E-state index is -0.149. The molecule has 0 N–H and O–H groups in total. The highest BCUT2D eigenvalue weighted by Crippen LogP contribution is 2.67. The monoisotopic (exact) mass is 386 g/mol. The second-order valence-electron chi connectivity index (χ2n) is 10.5. The predicted molar refractivity (Wildman–Crippen MR) is 105 cm³/mol. The Labute approximate surface area is 168 Å². The van der Waals surface area contributed by atoms with Crippen molar-refractivity contribution < 1.29 is 19.1 Å². The van der Waals surface area contributed by atoms with Gasteiger partial charge in [0.2, 0.25) is 5.78 Å². The number of rotatable bonds is 3. The zero-order valence-electron chi connectivity index (χ0n) is 17.5. The van der Waals surface area contributed by atoms with Crippen LogP contribution in [0.3, 0.4) is 0 Å². The van der Waals surface area contributed by atoms with E-state index in [4.69, 9.17) is 10.3 Å². The third kappa shape index (κ3) is 2.98. The van der Waals surface area contributed by atoms with Gasteiger partial charge in [0.1, 0.15) is 6.10 Å². The van der Waals surface area contributed by atoms with Crippen molar-refractivity contribution >= 4 is 18.0 Å². The number of fused-ring (bicyclic) bond motifs is 5. The number of carbonyl (C=O) groups is 2. The molecular weight excluding hydrogens is 352 g/mol. The van der Waals surface area contributed by atoms with Gasteiger partial charge in [-0.1, -0.05) is 13.8 Å². The van der Waals surface area contributed by atoms with Crippen LogP contribution in [0.1, 0.15) is 78.6 Å². The number of hydrogen-bond donors (Lipinski definition) is 0. The van der Waals surface area contributed by atoms with Crippen molar-refractivity contribution in [3.05, 3.63) is 5.53 Å². The molecule has 28 heavy (non-hydrogen) atoms. The summed E-state index contributed by atoms with van der Waals surface area (Å²) < 4.78 is 5.56. The first kappa shape index (κ1) is 19.8. The molecule has 0 aromatic heterocycles. The molecule has 0 spiro atoms. The molecular formula is C23H34N2O3. The van der Waals surface area contributed by atoms with Crippen molar-refractivity contribution in [3.63, 3.8) is 0 Å². The van der Waals surface area contributed by atoms with Gasteiger partial charge in [-0.2, -0.15) is 4.79 Å². The first-order chi connectivity index (χ1) is 13.3. The topological polar surface area (TPSA) is 79.8 Å². The fourth-order valence-corrected chi connectivity index (χ4v) is 8.17. The van der Waals surface area contributed by atoms with Crippen LogP contribution in [-0.4, -0.2) is 28.9 Å². The van der Waals surface area contributed by atoms with Crippen LogP contribution in [0.15, 0.2) is 0 Å². The molecule has 4 rings (SSSR count). The van der Waals surface area contributed by atoms with E-state index in [2.05, 4.69) is 18.6 Å². The lowest BCUT2D eigenvalue weighted by Crippen LogP contribution is -2.54. The molecule has 154 valence electrons. The molecule has 0 radical (unpaired) electrons. The van der Waals surface area contributed by atoms with Crippen LogP contribution in [0, 0.1) is 40.4 Å². The quantitative estimate of drug-likeness (QED) is 0.311. The van der Waals surface area contributed by atoms with Gasteiger partial charge in [0.15, 0.2) is 0 Å². The molecule has 0 saturated heterocycles. The Balaban J connectivity index is 1.53. The summed E-state index contributed by atoms with van der Waals surface area (Å²) in [6.07, 6.45) is 11.2. The molecule has 4 aliphatic rings. The second-order valence-corrected chi connectivity index (χ2v) is 10.5. The molecule has 4 saturated carbocycles. The normalized spacial score (nSPS) is 47.1. The molecule has 5 heteroatoms. The van der Waals surface area contributed by atoms with E-state index in [1.807, 2.05) is 0 Å². The summed E-state index contributed by atoms with van der Waals surface area (Å²) >= 11 is 0. The van der Waals surface area contributed by atoms with Crippen LogP contribution < -0.4 is 0 Å². The molecule has 0 bridgehead atoms. The minimum Gasteiger partial charge on any atom is -0.463 e. The summed E-state index contributed by atoms with van der Waals surface area (Å²) in [5.41, 5.74) is 9.22. The lowest BCUT2D eigenvalue weighted by Gasteiger charge is -2.60. The average molecular weight is 387 g/mol. The highest BCUT2D eigenvalue weighted by Gasteiger charge is 2.61. The van der Waals surface area contributed by atoms with Crippen molar-refractivity contribution in [1.29, 1.82) is 0 Å². The van der Waals surface area contributed by atoms with Crippen LogP contribution in [0.25, 0.3) is 5.53 Å². The summed E-state index contributed by atoms with van der Waals surface area (Å²) in [5.74, 6) is 2.56. The van der Waals surface area contributed by atoms with E-state index in [9.17, 15) is 9.59 Å². The van der Waals surface area contributed by atoms with E-state index < -0.39 is 0 Å². The fraction of sp³-hybridized carbons (Fsp3) is 0.870. The van der Waals surface area contributed by atoms with Crippen molar-refractivity contribution in [2.75, 3.05) is 0 Å².